The summed E-state index contributed by atoms with van der Waals surface area (Å²) in [5.41, 5.74) is 4.09. The van der Waals surface area contributed by atoms with Crippen LogP contribution in [-0.2, 0) is 9.59 Å². The van der Waals surface area contributed by atoms with Gasteiger partial charge >= 0.3 is 0 Å². The Morgan fingerprint density at radius 3 is 1.58 bits per heavy atom. The van der Waals surface area contributed by atoms with E-state index in [0.29, 0.717) is 12.8 Å². The third kappa shape index (κ3) is 1.54. The average molecular weight is 172 g/mol. The fourth-order valence-corrected chi connectivity index (χ4v) is 1.28. The van der Waals surface area contributed by atoms with Crippen molar-refractivity contribution in [2.75, 3.05) is 0 Å². The molecular formula is C6H12N4O2. The molecule has 1 saturated carbocycles. The molecule has 6 N–H and O–H groups in total. The Bertz CT molecular complexity index is 180. The van der Waals surface area contributed by atoms with E-state index < -0.39 is 0 Å². The Morgan fingerprint density at radius 2 is 1.33 bits per heavy atom. The Balaban J connectivity index is 2.28. The molecule has 6 nitrogen and oxygen atoms in total. The molecule has 1 rings (SSSR count). The van der Waals surface area contributed by atoms with Crippen molar-refractivity contribution in [3.05, 3.63) is 0 Å². The second-order valence-corrected chi connectivity index (χ2v) is 2.88. The van der Waals surface area contributed by atoms with Crippen LogP contribution < -0.4 is 22.5 Å². The number of hydrazine groups is 2. The van der Waals surface area contributed by atoms with Gasteiger partial charge in [0.15, 0.2) is 0 Å². The van der Waals surface area contributed by atoms with Crippen molar-refractivity contribution in [2.24, 2.45) is 23.5 Å². The second kappa shape index (κ2) is 3.51. The monoisotopic (exact) mass is 172 g/mol. The van der Waals surface area contributed by atoms with Gasteiger partial charge in [0.05, 0.1) is 0 Å². The first-order chi connectivity index (χ1) is 5.69. The fourth-order valence-electron chi connectivity index (χ4n) is 1.28. The number of amides is 2. The quantitative estimate of drug-likeness (QED) is 0.219. The van der Waals surface area contributed by atoms with Gasteiger partial charge in [-0.3, -0.25) is 20.4 Å². The van der Waals surface area contributed by atoms with Crippen LogP contribution in [0.5, 0.6) is 0 Å². The van der Waals surface area contributed by atoms with E-state index in [4.69, 9.17) is 11.7 Å². The predicted octanol–water partition coefficient (Wildman–Crippen LogP) is -2.01. The fraction of sp³-hybridized carbons (Fsp3) is 0.667. The molecule has 2 amide bonds. The summed E-state index contributed by atoms with van der Waals surface area (Å²) < 4.78 is 0. The summed E-state index contributed by atoms with van der Waals surface area (Å²) in [6.45, 7) is 0. The molecule has 0 aromatic rings. The van der Waals surface area contributed by atoms with Gasteiger partial charge in [0.1, 0.15) is 0 Å². The van der Waals surface area contributed by atoms with Crippen LogP contribution in [0.1, 0.15) is 12.8 Å². The minimum absolute atomic E-state index is 0.128. The highest BCUT2D eigenvalue weighted by Crippen LogP contribution is 2.33. The van der Waals surface area contributed by atoms with Crippen molar-refractivity contribution in [1.29, 1.82) is 0 Å². The molecule has 6 heteroatoms. The number of hydrogen-bond donors (Lipinski definition) is 4. The van der Waals surface area contributed by atoms with Gasteiger partial charge in [-0.25, -0.2) is 11.7 Å². The molecule has 1 aliphatic carbocycles. The molecule has 0 aromatic heterocycles. The van der Waals surface area contributed by atoms with Gasteiger partial charge in [0.2, 0.25) is 11.8 Å². The molecule has 0 bridgehead atoms. The molecule has 0 spiro atoms. The number of nitrogens with one attached hydrogen (secondary N) is 2. The summed E-state index contributed by atoms with van der Waals surface area (Å²) in [4.78, 5) is 21.7. The molecule has 0 aliphatic heterocycles. The largest absolute Gasteiger partial charge is 0.294 e. The highest BCUT2D eigenvalue weighted by atomic mass is 16.2. The maximum absolute atomic E-state index is 10.9. The van der Waals surface area contributed by atoms with Crippen molar-refractivity contribution in [2.45, 2.75) is 12.8 Å². The summed E-state index contributed by atoms with van der Waals surface area (Å²) in [7, 11) is 0. The molecule has 0 saturated heterocycles. The summed E-state index contributed by atoms with van der Waals surface area (Å²) in [5, 5.41) is 0. The van der Waals surface area contributed by atoms with E-state index in [1.54, 1.807) is 0 Å². The zero-order chi connectivity index (χ0) is 9.14. The van der Waals surface area contributed by atoms with Crippen LogP contribution in [0.2, 0.25) is 0 Å². The van der Waals surface area contributed by atoms with Crippen molar-refractivity contribution >= 4 is 11.8 Å². The number of nitrogens with two attached hydrogens (primary N) is 2. The van der Waals surface area contributed by atoms with Crippen LogP contribution in [-0.4, -0.2) is 11.8 Å². The molecule has 0 radical (unpaired) electrons. The SMILES string of the molecule is NNC(=O)C1CC(C(=O)NN)C1. The van der Waals surface area contributed by atoms with E-state index in [1.807, 2.05) is 10.9 Å². The van der Waals surface area contributed by atoms with Gasteiger partial charge in [0, 0.05) is 11.8 Å². The summed E-state index contributed by atoms with van der Waals surface area (Å²) in [6.07, 6.45) is 1.07. The van der Waals surface area contributed by atoms with Crippen LogP contribution in [0.4, 0.5) is 0 Å². The highest BCUT2D eigenvalue weighted by molar-refractivity contribution is 5.84. The van der Waals surface area contributed by atoms with E-state index in [-0.39, 0.29) is 23.7 Å². The maximum Gasteiger partial charge on any atom is 0.237 e. The minimum atomic E-state index is -0.212. The zero-order valence-electron chi connectivity index (χ0n) is 6.54. The van der Waals surface area contributed by atoms with Gasteiger partial charge in [-0.1, -0.05) is 0 Å². The van der Waals surface area contributed by atoms with E-state index in [0.717, 1.165) is 0 Å². The predicted molar refractivity (Wildman–Crippen MR) is 40.9 cm³/mol. The van der Waals surface area contributed by atoms with Crippen LogP contribution >= 0.6 is 0 Å². The van der Waals surface area contributed by atoms with E-state index >= 15 is 0 Å². The summed E-state index contributed by atoms with van der Waals surface area (Å²) >= 11 is 0. The summed E-state index contributed by atoms with van der Waals surface area (Å²) in [6, 6.07) is 0. The number of rotatable bonds is 2. The third-order valence-electron chi connectivity index (χ3n) is 2.16. The Morgan fingerprint density at radius 1 is 1.00 bits per heavy atom. The standard InChI is InChI=1S/C6H12N4O2/c7-9-5(11)3-1-4(2-3)6(12)10-8/h3-4H,1-2,7-8H2,(H,9,11)(H,10,12). The lowest BCUT2D eigenvalue weighted by molar-refractivity contribution is -0.135. The Labute approximate surface area is 69.6 Å². The zero-order valence-corrected chi connectivity index (χ0v) is 6.54. The molecular weight excluding hydrogens is 160 g/mol. The van der Waals surface area contributed by atoms with Gasteiger partial charge in [0.25, 0.3) is 0 Å². The highest BCUT2D eigenvalue weighted by Gasteiger charge is 2.38. The Hall–Kier alpha value is -1.14. The lowest BCUT2D eigenvalue weighted by atomic mass is 9.74. The van der Waals surface area contributed by atoms with Gasteiger partial charge in [-0.15, -0.1) is 0 Å². The summed E-state index contributed by atoms with van der Waals surface area (Å²) in [5.74, 6) is 9.14. The first kappa shape index (κ1) is 8.95. The second-order valence-electron chi connectivity index (χ2n) is 2.88. The average Bonchev–Trinajstić information content (AvgIpc) is 2.01. The molecule has 12 heavy (non-hydrogen) atoms. The van der Waals surface area contributed by atoms with E-state index in [9.17, 15) is 9.59 Å². The van der Waals surface area contributed by atoms with Crippen molar-refractivity contribution in [1.82, 2.24) is 10.9 Å². The third-order valence-corrected chi connectivity index (χ3v) is 2.16. The van der Waals surface area contributed by atoms with Crippen LogP contribution in [0.25, 0.3) is 0 Å². The smallest absolute Gasteiger partial charge is 0.237 e. The van der Waals surface area contributed by atoms with Crippen molar-refractivity contribution < 1.29 is 9.59 Å². The van der Waals surface area contributed by atoms with Crippen LogP contribution in [0, 0.1) is 11.8 Å². The normalized spacial score (nSPS) is 27.2. The number of carbonyl (C=O) groups is 2. The van der Waals surface area contributed by atoms with Gasteiger partial charge in [-0.05, 0) is 12.8 Å². The molecule has 1 fully saturated rings. The minimum Gasteiger partial charge on any atom is -0.294 e. The van der Waals surface area contributed by atoms with Gasteiger partial charge in [-0.2, -0.15) is 0 Å². The molecule has 0 heterocycles. The number of carbonyl (C=O) groups excluding carboxylic acids is 2. The van der Waals surface area contributed by atoms with E-state index in [1.165, 1.54) is 0 Å². The molecule has 1 aliphatic rings. The van der Waals surface area contributed by atoms with Crippen LogP contribution in [0.3, 0.4) is 0 Å². The van der Waals surface area contributed by atoms with Crippen molar-refractivity contribution in [3.63, 3.8) is 0 Å². The van der Waals surface area contributed by atoms with E-state index in [2.05, 4.69) is 0 Å². The molecule has 0 unspecified atom stereocenters. The topological polar surface area (TPSA) is 110 Å². The van der Waals surface area contributed by atoms with Crippen LogP contribution in [0.15, 0.2) is 0 Å². The van der Waals surface area contributed by atoms with Gasteiger partial charge < -0.3 is 0 Å². The lowest BCUT2D eigenvalue weighted by Crippen LogP contribution is -2.47. The first-order valence-corrected chi connectivity index (χ1v) is 3.70. The van der Waals surface area contributed by atoms with Crippen molar-refractivity contribution in [3.8, 4) is 0 Å². The number of hydrogen-bond acceptors (Lipinski definition) is 4. The first-order valence-electron chi connectivity index (χ1n) is 3.70. The maximum atomic E-state index is 10.9. The lowest BCUT2D eigenvalue weighted by Gasteiger charge is -2.31. The molecule has 0 aromatic carbocycles. The molecule has 68 valence electrons. The Kier molecular flexibility index (Phi) is 2.61. The molecule has 0 atom stereocenters.